The molecule has 0 aliphatic heterocycles. The van der Waals surface area contributed by atoms with Crippen LogP contribution in [-0.2, 0) is 11.3 Å². The maximum absolute atomic E-state index is 12.3. The lowest BCUT2D eigenvalue weighted by Crippen LogP contribution is -2.12. The second kappa shape index (κ2) is 8.39. The number of esters is 1. The van der Waals surface area contributed by atoms with Gasteiger partial charge in [0.1, 0.15) is 12.2 Å². The number of ether oxygens (including phenoxy) is 3. The van der Waals surface area contributed by atoms with E-state index in [0.29, 0.717) is 30.3 Å². The van der Waals surface area contributed by atoms with E-state index in [1.165, 1.54) is 0 Å². The molecule has 0 aliphatic carbocycles. The number of methoxy groups -OCH3 is 1. The first-order valence-electron chi connectivity index (χ1n) is 8.03. The molecule has 0 atom stereocenters. The van der Waals surface area contributed by atoms with Crippen LogP contribution in [0.15, 0.2) is 42.5 Å². The molecule has 24 heavy (non-hydrogen) atoms. The summed E-state index contributed by atoms with van der Waals surface area (Å²) in [7, 11) is 1.55. The molecule has 0 radical (unpaired) electrons. The quantitative estimate of drug-likeness (QED) is 0.707. The van der Waals surface area contributed by atoms with Crippen molar-refractivity contribution in [2.75, 3.05) is 13.7 Å². The zero-order chi connectivity index (χ0) is 17.5. The zero-order valence-electron chi connectivity index (χ0n) is 14.7. The predicted molar refractivity (Wildman–Crippen MR) is 93.6 cm³/mol. The van der Waals surface area contributed by atoms with Gasteiger partial charge >= 0.3 is 5.97 Å². The fourth-order valence-electron chi connectivity index (χ4n) is 2.26. The highest BCUT2D eigenvalue weighted by atomic mass is 16.5. The molecule has 2 rings (SSSR count). The zero-order valence-corrected chi connectivity index (χ0v) is 14.7. The highest BCUT2D eigenvalue weighted by molar-refractivity contribution is 5.93. The predicted octanol–water partition coefficient (Wildman–Crippen LogP) is 4.40. The molecule has 0 N–H and O–H groups in total. The van der Waals surface area contributed by atoms with Crippen molar-refractivity contribution in [1.29, 1.82) is 0 Å². The summed E-state index contributed by atoms with van der Waals surface area (Å²) in [6.07, 6.45) is 0. The molecule has 0 fully saturated rings. The SMILES string of the molecule is COc1cccc(C(=O)OCC(C)C)c1OCc1cccc(C)c1. The lowest BCUT2D eigenvalue weighted by Gasteiger charge is -2.15. The van der Waals surface area contributed by atoms with Gasteiger partial charge in [0.2, 0.25) is 0 Å². The standard InChI is InChI=1S/C20H24O4/c1-14(2)12-24-20(21)17-9-6-10-18(22-4)19(17)23-13-16-8-5-7-15(3)11-16/h5-11,14H,12-13H2,1-4H3. The lowest BCUT2D eigenvalue weighted by atomic mass is 10.1. The second-order valence-electron chi connectivity index (χ2n) is 6.11. The Balaban J connectivity index is 2.21. The maximum atomic E-state index is 12.3. The summed E-state index contributed by atoms with van der Waals surface area (Å²) in [5, 5.41) is 0. The highest BCUT2D eigenvalue weighted by Crippen LogP contribution is 2.32. The van der Waals surface area contributed by atoms with E-state index in [4.69, 9.17) is 14.2 Å². The number of aryl methyl sites for hydroxylation is 1. The number of benzene rings is 2. The Labute approximate surface area is 143 Å². The molecule has 4 nitrogen and oxygen atoms in total. The molecule has 128 valence electrons. The van der Waals surface area contributed by atoms with Gasteiger partial charge in [0.25, 0.3) is 0 Å². The van der Waals surface area contributed by atoms with Crippen molar-refractivity contribution in [2.24, 2.45) is 5.92 Å². The summed E-state index contributed by atoms with van der Waals surface area (Å²) in [5.41, 5.74) is 2.57. The molecule has 0 aromatic heterocycles. The Bertz CT molecular complexity index is 692. The summed E-state index contributed by atoms with van der Waals surface area (Å²) in [6, 6.07) is 13.3. The van der Waals surface area contributed by atoms with Crippen LogP contribution in [0.25, 0.3) is 0 Å². The molecule has 0 saturated heterocycles. The molecule has 4 heteroatoms. The van der Waals surface area contributed by atoms with Gasteiger partial charge in [-0.15, -0.1) is 0 Å². The third-order valence-electron chi connectivity index (χ3n) is 3.43. The first-order valence-corrected chi connectivity index (χ1v) is 8.03. The third-order valence-corrected chi connectivity index (χ3v) is 3.43. The monoisotopic (exact) mass is 328 g/mol. The van der Waals surface area contributed by atoms with Crippen LogP contribution >= 0.6 is 0 Å². The molecule has 2 aromatic carbocycles. The summed E-state index contributed by atoms with van der Waals surface area (Å²) >= 11 is 0. The van der Waals surface area contributed by atoms with Crippen molar-refractivity contribution in [3.05, 3.63) is 59.2 Å². The van der Waals surface area contributed by atoms with Gasteiger partial charge in [-0.3, -0.25) is 0 Å². The Morgan fingerprint density at radius 1 is 1.12 bits per heavy atom. The minimum absolute atomic E-state index is 0.274. The topological polar surface area (TPSA) is 44.8 Å². The third kappa shape index (κ3) is 4.75. The summed E-state index contributed by atoms with van der Waals surface area (Å²) in [5.74, 6) is 0.801. The Kier molecular flexibility index (Phi) is 6.24. The normalized spacial score (nSPS) is 10.5. The number of rotatable bonds is 7. The van der Waals surface area contributed by atoms with E-state index in [0.717, 1.165) is 11.1 Å². The van der Waals surface area contributed by atoms with Gasteiger partial charge in [-0.05, 0) is 30.5 Å². The molecule has 0 amide bonds. The van der Waals surface area contributed by atoms with Crippen LogP contribution < -0.4 is 9.47 Å². The fraction of sp³-hybridized carbons (Fsp3) is 0.350. The molecule has 2 aromatic rings. The smallest absolute Gasteiger partial charge is 0.342 e. The van der Waals surface area contributed by atoms with Crippen LogP contribution in [0.2, 0.25) is 0 Å². The number of para-hydroxylation sites is 1. The van der Waals surface area contributed by atoms with Crippen LogP contribution in [0.1, 0.15) is 35.3 Å². The molecule has 0 unspecified atom stereocenters. The van der Waals surface area contributed by atoms with E-state index in [1.54, 1.807) is 25.3 Å². The molecular formula is C20H24O4. The van der Waals surface area contributed by atoms with Crippen LogP contribution in [0.3, 0.4) is 0 Å². The van der Waals surface area contributed by atoms with E-state index in [1.807, 2.05) is 45.0 Å². The Morgan fingerprint density at radius 2 is 1.88 bits per heavy atom. The summed E-state index contributed by atoms with van der Waals surface area (Å²) in [4.78, 5) is 12.3. The van der Waals surface area contributed by atoms with Gasteiger partial charge in [-0.1, -0.05) is 49.7 Å². The van der Waals surface area contributed by atoms with Gasteiger partial charge in [-0.25, -0.2) is 4.79 Å². The van der Waals surface area contributed by atoms with Crippen molar-refractivity contribution >= 4 is 5.97 Å². The summed E-state index contributed by atoms with van der Waals surface area (Å²) in [6.45, 7) is 6.74. The highest BCUT2D eigenvalue weighted by Gasteiger charge is 2.19. The van der Waals surface area contributed by atoms with Gasteiger partial charge < -0.3 is 14.2 Å². The van der Waals surface area contributed by atoms with Crippen molar-refractivity contribution in [3.8, 4) is 11.5 Å². The van der Waals surface area contributed by atoms with E-state index < -0.39 is 5.97 Å². The first-order chi connectivity index (χ1) is 11.5. The van der Waals surface area contributed by atoms with E-state index in [9.17, 15) is 4.79 Å². The van der Waals surface area contributed by atoms with Crippen molar-refractivity contribution in [1.82, 2.24) is 0 Å². The van der Waals surface area contributed by atoms with E-state index in [-0.39, 0.29) is 5.92 Å². The van der Waals surface area contributed by atoms with Crippen molar-refractivity contribution in [2.45, 2.75) is 27.4 Å². The number of carbonyl (C=O) groups excluding carboxylic acids is 1. The van der Waals surface area contributed by atoms with E-state index >= 15 is 0 Å². The van der Waals surface area contributed by atoms with Gasteiger partial charge in [0.05, 0.1) is 13.7 Å². The molecular weight excluding hydrogens is 304 g/mol. The molecule has 0 spiro atoms. The van der Waals surface area contributed by atoms with E-state index in [2.05, 4.69) is 0 Å². The second-order valence-corrected chi connectivity index (χ2v) is 6.11. The van der Waals surface area contributed by atoms with Crippen LogP contribution in [-0.4, -0.2) is 19.7 Å². The van der Waals surface area contributed by atoms with Gasteiger partial charge in [0, 0.05) is 0 Å². The maximum Gasteiger partial charge on any atom is 0.342 e. The Hall–Kier alpha value is -2.49. The van der Waals surface area contributed by atoms with Crippen LogP contribution in [0, 0.1) is 12.8 Å². The summed E-state index contributed by atoms with van der Waals surface area (Å²) < 4.78 is 16.6. The average Bonchev–Trinajstić information content (AvgIpc) is 2.57. The minimum Gasteiger partial charge on any atom is -0.493 e. The molecule has 0 bridgehead atoms. The van der Waals surface area contributed by atoms with Crippen molar-refractivity contribution < 1.29 is 19.0 Å². The largest absolute Gasteiger partial charge is 0.493 e. The van der Waals surface area contributed by atoms with Gasteiger partial charge in [-0.2, -0.15) is 0 Å². The number of hydrogen-bond donors (Lipinski definition) is 0. The average molecular weight is 328 g/mol. The Morgan fingerprint density at radius 3 is 2.54 bits per heavy atom. The molecule has 0 heterocycles. The number of hydrogen-bond acceptors (Lipinski definition) is 4. The molecule has 0 aliphatic rings. The fourth-order valence-corrected chi connectivity index (χ4v) is 2.26. The lowest BCUT2D eigenvalue weighted by molar-refractivity contribution is 0.0453. The van der Waals surface area contributed by atoms with Gasteiger partial charge in [0.15, 0.2) is 11.5 Å². The number of carbonyl (C=O) groups is 1. The van der Waals surface area contributed by atoms with Crippen LogP contribution in [0.5, 0.6) is 11.5 Å². The minimum atomic E-state index is -0.401. The molecule has 0 saturated carbocycles. The first kappa shape index (κ1) is 17.9. The van der Waals surface area contributed by atoms with Crippen molar-refractivity contribution in [3.63, 3.8) is 0 Å². The van der Waals surface area contributed by atoms with Crippen LogP contribution in [0.4, 0.5) is 0 Å².